The van der Waals surface area contributed by atoms with E-state index in [9.17, 15) is 18.3 Å². The van der Waals surface area contributed by atoms with Gasteiger partial charge in [0.05, 0.1) is 7.11 Å². The van der Waals surface area contributed by atoms with Crippen LogP contribution in [-0.4, -0.2) is 17.8 Å². The van der Waals surface area contributed by atoms with Gasteiger partial charge in [0.2, 0.25) is 0 Å². The van der Waals surface area contributed by atoms with Gasteiger partial charge in [-0.15, -0.1) is 0 Å². The maximum atomic E-state index is 12.7. The Bertz CT molecular complexity index is 436. The number of ether oxygens (including phenoxy) is 1. The van der Waals surface area contributed by atoms with Crippen LogP contribution in [0.2, 0.25) is 0 Å². The molecule has 0 radical (unpaired) electrons. The lowest BCUT2D eigenvalue weighted by Crippen LogP contribution is -2.34. The Morgan fingerprint density at radius 2 is 1.83 bits per heavy atom. The van der Waals surface area contributed by atoms with E-state index in [0.717, 1.165) is 6.07 Å². The normalized spacial score (nSPS) is 12.6. The highest BCUT2D eigenvalue weighted by molar-refractivity contribution is 5.48. The molecule has 0 amide bonds. The number of aromatic hydroxyl groups is 1. The molecular formula is C12H16F3NO2. The molecule has 0 aliphatic carbocycles. The van der Waals surface area contributed by atoms with Crippen molar-refractivity contribution in [1.29, 1.82) is 0 Å². The first-order valence-corrected chi connectivity index (χ1v) is 5.30. The van der Waals surface area contributed by atoms with Gasteiger partial charge in [0.15, 0.2) is 0 Å². The molecule has 0 heterocycles. The Hall–Kier alpha value is -1.43. The van der Waals surface area contributed by atoms with Gasteiger partial charge < -0.3 is 15.6 Å². The van der Waals surface area contributed by atoms with Crippen LogP contribution in [0.4, 0.5) is 13.2 Å². The Balaban J connectivity index is 3.34. The summed E-state index contributed by atoms with van der Waals surface area (Å²) in [6, 6.07) is 2.13. The number of rotatable bonds is 3. The maximum absolute atomic E-state index is 12.7. The van der Waals surface area contributed by atoms with E-state index in [1.165, 1.54) is 13.2 Å². The number of nitrogens with two attached hydrogens (primary N) is 1. The second-order valence-electron chi connectivity index (χ2n) is 4.85. The van der Waals surface area contributed by atoms with Gasteiger partial charge in [0.25, 0.3) is 0 Å². The Morgan fingerprint density at radius 1 is 1.28 bits per heavy atom. The molecule has 0 atom stereocenters. The molecule has 102 valence electrons. The molecule has 0 spiro atoms. The molecule has 1 rings (SSSR count). The molecule has 0 aromatic heterocycles. The summed E-state index contributed by atoms with van der Waals surface area (Å²) in [6.07, 6.45) is -4.52. The minimum Gasteiger partial charge on any atom is -0.507 e. The lowest BCUT2D eigenvalue weighted by Gasteiger charge is -2.21. The van der Waals surface area contributed by atoms with E-state index in [2.05, 4.69) is 0 Å². The number of alkyl halides is 3. The van der Waals surface area contributed by atoms with E-state index in [-0.39, 0.29) is 17.7 Å². The smallest absolute Gasteiger partial charge is 0.420 e. The van der Waals surface area contributed by atoms with Gasteiger partial charge in [-0.25, -0.2) is 0 Å². The summed E-state index contributed by atoms with van der Waals surface area (Å²) in [6.45, 7) is 3.33. The van der Waals surface area contributed by atoms with Crippen LogP contribution < -0.4 is 10.5 Å². The second kappa shape index (κ2) is 4.68. The van der Waals surface area contributed by atoms with E-state index in [1.54, 1.807) is 13.8 Å². The van der Waals surface area contributed by atoms with Crippen molar-refractivity contribution in [2.45, 2.75) is 32.0 Å². The van der Waals surface area contributed by atoms with Gasteiger partial charge >= 0.3 is 6.18 Å². The van der Waals surface area contributed by atoms with Crippen molar-refractivity contribution in [3.63, 3.8) is 0 Å². The molecule has 0 unspecified atom stereocenters. The molecule has 0 aliphatic rings. The minimum atomic E-state index is -4.63. The quantitative estimate of drug-likeness (QED) is 0.881. The third-order valence-corrected chi connectivity index (χ3v) is 2.35. The van der Waals surface area contributed by atoms with E-state index in [4.69, 9.17) is 10.5 Å². The van der Waals surface area contributed by atoms with Crippen molar-refractivity contribution in [2.75, 3.05) is 7.11 Å². The summed E-state index contributed by atoms with van der Waals surface area (Å²) in [5.41, 5.74) is 4.03. The molecular weight excluding hydrogens is 247 g/mol. The van der Waals surface area contributed by atoms with Crippen LogP contribution in [0, 0.1) is 0 Å². The number of halogens is 3. The summed E-state index contributed by atoms with van der Waals surface area (Å²) in [5.74, 6) is -0.749. The van der Waals surface area contributed by atoms with Crippen LogP contribution in [0.15, 0.2) is 12.1 Å². The van der Waals surface area contributed by atoms with Gasteiger partial charge in [-0.2, -0.15) is 13.2 Å². The highest BCUT2D eigenvalue weighted by atomic mass is 19.4. The molecule has 0 fully saturated rings. The fourth-order valence-corrected chi connectivity index (χ4v) is 1.62. The van der Waals surface area contributed by atoms with E-state index < -0.39 is 23.0 Å². The highest BCUT2D eigenvalue weighted by Crippen LogP contribution is 2.40. The summed E-state index contributed by atoms with van der Waals surface area (Å²) < 4.78 is 43.0. The largest absolute Gasteiger partial charge is 0.507 e. The van der Waals surface area contributed by atoms with Crippen molar-refractivity contribution in [1.82, 2.24) is 0 Å². The Morgan fingerprint density at radius 3 is 2.22 bits per heavy atom. The predicted molar refractivity (Wildman–Crippen MR) is 61.6 cm³/mol. The SMILES string of the molecule is COc1cc(CC(C)(C)N)c(O)c(C(F)(F)F)c1. The maximum Gasteiger partial charge on any atom is 0.420 e. The monoisotopic (exact) mass is 263 g/mol. The van der Waals surface area contributed by atoms with E-state index in [1.807, 2.05) is 0 Å². The first-order chi connectivity index (χ1) is 8.04. The van der Waals surface area contributed by atoms with Gasteiger partial charge in [-0.1, -0.05) is 0 Å². The molecule has 0 bridgehead atoms. The minimum absolute atomic E-state index is 0.0411. The highest BCUT2D eigenvalue weighted by Gasteiger charge is 2.36. The molecule has 3 N–H and O–H groups in total. The number of benzene rings is 1. The van der Waals surface area contributed by atoms with Gasteiger partial charge in [-0.05, 0) is 38.0 Å². The number of phenolic OH excluding ortho intramolecular Hbond substituents is 1. The average molecular weight is 263 g/mol. The van der Waals surface area contributed by atoms with Crippen molar-refractivity contribution in [3.8, 4) is 11.5 Å². The topological polar surface area (TPSA) is 55.5 Å². The fraction of sp³-hybridized carbons (Fsp3) is 0.500. The summed E-state index contributed by atoms with van der Waals surface area (Å²) >= 11 is 0. The van der Waals surface area contributed by atoms with Crippen LogP contribution in [0.3, 0.4) is 0 Å². The van der Waals surface area contributed by atoms with Crippen molar-refractivity contribution in [3.05, 3.63) is 23.3 Å². The zero-order valence-electron chi connectivity index (χ0n) is 10.4. The first kappa shape index (κ1) is 14.6. The molecule has 0 saturated carbocycles. The number of phenols is 1. The number of hydrogen-bond acceptors (Lipinski definition) is 3. The van der Waals surface area contributed by atoms with Crippen molar-refractivity contribution in [2.24, 2.45) is 5.73 Å². The first-order valence-electron chi connectivity index (χ1n) is 5.30. The van der Waals surface area contributed by atoms with Crippen LogP contribution >= 0.6 is 0 Å². The second-order valence-corrected chi connectivity index (χ2v) is 4.85. The zero-order valence-corrected chi connectivity index (χ0v) is 10.4. The van der Waals surface area contributed by atoms with Crippen molar-refractivity contribution >= 4 is 0 Å². The molecule has 3 nitrogen and oxygen atoms in total. The molecule has 0 saturated heterocycles. The van der Waals surface area contributed by atoms with E-state index in [0.29, 0.717) is 0 Å². The van der Waals surface area contributed by atoms with E-state index >= 15 is 0 Å². The third kappa shape index (κ3) is 3.53. The molecule has 0 aliphatic heterocycles. The summed E-state index contributed by atoms with van der Waals surface area (Å²) in [4.78, 5) is 0. The zero-order chi connectivity index (χ0) is 14.1. The Kier molecular flexibility index (Phi) is 3.81. The lowest BCUT2D eigenvalue weighted by molar-refractivity contribution is -0.138. The molecule has 1 aromatic rings. The van der Waals surface area contributed by atoms with Crippen LogP contribution in [0.1, 0.15) is 25.0 Å². The van der Waals surface area contributed by atoms with Crippen LogP contribution in [0.25, 0.3) is 0 Å². The standard InChI is InChI=1S/C12H16F3NO2/c1-11(2,16)6-7-4-8(18-3)5-9(10(7)17)12(13,14)15/h4-5,17H,6,16H2,1-3H3. The average Bonchev–Trinajstić information content (AvgIpc) is 2.17. The van der Waals surface area contributed by atoms with Crippen LogP contribution in [-0.2, 0) is 12.6 Å². The number of methoxy groups -OCH3 is 1. The van der Waals surface area contributed by atoms with Gasteiger partial charge in [-0.3, -0.25) is 0 Å². The molecule has 18 heavy (non-hydrogen) atoms. The van der Waals surface area contributed by atoms with Crippen LogP contribution in [0.5, 0.6) is 11.5 Å². The lowest BCUT2D eigenvalue weighted by atomic mass is 9.94. The van der Waals surface area contributed by atoms with Crippen molar-refractivity contribution < 1.29 is 23.0 Å². The van der Waals surface area contributed by atoms with Gasteiger partial charge in [0.1, 0.15) is 17.1 Å². The molecule has 6 heteroatoms. The summed E-state index contributed by atoms with van der Waals surface area (Å²) in [7, 11) is 1.27. The van der Waals surface area contributed by atoms with Gasteiger partial charge in [0, 0.05) is 5.54 Å². The predicted octanol–water partition coefficient (Wildman–Crippen LogP) is 2.70. The third-order valence-electron chi connectivity index (χ3n) is 2.35. The Labute approximate surface area is 103 Å². The fourth-order valence-electron chi connectivity index (χ4n) is 1.62. The molecule has 1 aromatic carbocycles. The summed E-state index contributed by atoms with van der Waals surface area (Å²) in [5, 5.41) is 9.68. The number of hydrogen-bond donors (Lipinski definition) is 2.